The normalized spacial score (nSPS) is 11.7. The summed E-state index contributed by atoms with van der Waals surface area (Å²) in [5, 5.41) is 27.0. The Morgan fingerprint density at radius 3 is 2.64 bits per heavy atom. The number of carbonyl (C=O) groups is 1. The second kappa shape index (κ2) is 10.7. The van der Waals surface area contributed by atoms with Crippen molar-refractivity contribution in [3.05, 3.63) is 24.3 Å². The van der Waals surface area contributed by atoms with E-state index in [1.165, 1.54) is 19.2 Å². The fraction of sp³-hybridized carbons (Fsp3) is 0.500. The number of methoxy groups -OCH3 is 1. The number of aliphatic hydroxyl groups excluding tert-OH is 1. The van der Waals surface area contributed by atoms with Gasteiger partial charge < -0.3 is 35.6 Å². The summed E-state index contributed by atoms with van der Waals surface area (Å²) in [6.07, 6.45) is -0.670. The van der Waals surface area contributed by atoms with E-state index in [2.05, 4.69) is 16.0 Å². The molecule has 0 bridgehead atoms. The minimum atomic E-state index is -0.670. The lowest BCUT2D eigenvalue weighted by Gasteiger charge is -2.13. The molecule has 5 N–H and O–H groups in total. The van der Waals surface area contributed by atoms with E-state index in [4.69, 9.17) is 14.6 Å². The number of phenols is 1. The van der Waals surface area contributed by atoms with E-state index in [1.54, 1.807) is 12.1 Å². The number of carbonyl (C=O) groups excluding carboxylic acids is 1. The highest BCUT2D eigenvalue weighted by Gasteiger charge is 2.05. The summed E-state index contributed by atoms with van der Waals surface area (Å²) in [6.45, 7) is 1.60. The van der Waals surface area contributed by atoms with Crippen LogP contribution in [0.2, 0.25) is 0 Å². The molecule has 1 unspecified atom stereocenters. The van der Waals surface area contributed by atoms with E-state index in [-0.39, 0.29) is 25.1 Å². The number of rotatable bonds is 10. The smallest absolute Gasteiger partial charge is 0.316 e. The monoisotopic (exact) mass is 313 g/mol. The summed E-state index contributed by atoms with van der Waals surface area (Å²) in [4.78, 5) is 11.2. The molecule has 0 fully saturated rings. The zero-order chi connectivity index (χ0) is 16.2. The maximum absolute atomic E-state index is 11.2. The number of hydrogen-bond acceptors (Lipinski definition) is 6. The molecule has 0 saturated carbocycles. The first-order valence-electron chi connectivity index (χ1n) is 6.93. The Bertz CT molecular complexity index is 427. The molecule has 0 spiro atoms. The Kier molecular flexibility index (Phi) is 8.73. The Morgan fingerprint density at radius 2 is 1.95 bits per heavy atom. The van der Waals surface area contributed by atoms with Crippen molar-refractivity contribution >= 4 is 6.03 Å². The van der Waals surface area contributed by atoms with Crippen LogP contribution in [0.25, 0.3) is 0 Å². The summed E-state index contributed by atoms with van der Waals surface area (Å²) in [5.41, 5.74) is 0. The molecule has 22 heavy (non-hydrogen) atoms. The van der Waals surface area contributed by atoms with E-state index in [9.17, 15) is 9.90 Å². The summed E-state index contributed by atoms with van der Waals surface area (Å²) in [5.74, 6) is 0.741. The Labute approximate surface area is 129 Å². The van der Waals surface area contributed by atoms with Gasteiger partial charge in [0.1, 0.15) is 30.9 Å². The van der Waals surface area contributed by atoms with Gasteiger partial charge in [0.25, 0.3) is 0 Å². The molecule has 1 aromatic rings. The number of aliphatic hydroxyl groups is 1. The maximum Gasteiger partial charge on any atom is 0.316 e. The number of amides is 2. The highest BCUT2D eigenvalue weighted by molar-refractivity contribution is 5.73. The third-order valence-corrected chi connectivity index (χ3v) is 2.62. The number of phenolic OH excluding ortho intramolecular Hbond substituents is 1. The average molecular weight is 313 g/mol. The van der Waals surface area contributed by atoms with Crippen LogP contribution in [-0.4, -0.2) is 62.4 Å². The first-order chi connectivity index (χ1) is 10.6. The van der Waals surface area contributed by atoms with Gasteiger partial charge in [0.2, 0.25) is 0 Å². The van der Waals surface area contributed by atoms with Gasteiger partial charge in [-0.25, -0.2) is 4.79 Å². The minimum Gasteiger partial charge on any atom is -0.508 e. The van der Waals surface area contributed by atoms with Crippen LogP contribution >= 0.6 is 0 Å². The van der Waals surface area contributed by atoms with Crippen LogP contribution in [0.3, 0.4) is 0 Å². The molecule has 124 valence electrons. The van der Waals surface area contributed by atoms with E-state index < -0.39 is 6.10 Å². The molecule has 0 radical (unpaired) electrons. The van der Waals surface area contributed by atoms with Crippen LogP contribution < -0.4 is 20.7 Å². The molecule has 1 rings (SSSR count). The molecule has 8 nitrogen and oxygen atoms in total. The quantitative estimate of drug-likeness (QED) is 0.297. The fourth-order valence-electron chi connectivity index (χ4n) is 1.53. The number of nitrogens with one attached hydrogen (secondary N) is 3. The van der Waals surface area contributed by atoms with Crippen LogP contribution in [0.4, 0.5) is 4.79 Å². The third kappa shape index (κ3) is 8.30. The molecular formula is C14H23N3O5. The highest BCUT2D eigenvalue weighted by atomic mass is 16.5. The van der Waals surface area contributed by atoms with Crippen molar-refractivity contribution < 1.29 is 24.5 Å². The van der Waals surface area contributed by atoms with Crippen LogP contribution in [0.15, 0.2) is 24.3 Å². The lowest BCUT2D eigenvalue weighted by Crippen LogP contribution is -2.41. The summed E-state index contributed by atoms with van der Waals surface area (Å²) < 4.78 is 10.1. The molecule has 1 aromatic carbocycles. The van der Waals surface area contributed by atoms with E-state index >= 15 is 0 Å². The van der Waals surface area contributed by atoms with Gasteiger partial charge >= 0.3 is 6.03 Å². The van der Waals surface area contributed by atoms with Gasteiger partial charge in [-0.1, -0.05) is 0 Å². The lowest BCUT2D eigenvalue weighted by atomic mass is 10.3. The summed E-state index contributed by atoms with van der Waals surface area (Å²) in [7, 11) is 1.49. The second-order valence-electron chi connectivity index (χ2n) is 4.53. The maximum atomic E-state index is 11.2. The number of ether oxygens (including phenoxy) is 2. The number of urea groups is 1. The SMILES string of the molecule is COCNC(=O)NCCNCC(O)COc1ccc(O)cc1. The van der Waals surface area contributed by atoms with Crippen LogP contribution in [0.5, 0.6) is 11.5 Å². The van der Waals surface area contributed by atoms with Crippen molar-refractivity contribution in [1.82, 2.24) is 16.0 Å². The molecule has 0 saturated heterocycles. The van der Waals surface area contributed by atoms with Gasteiger partial charge in [-0.05, 0) is 24.3 Å². The van der Waals surface area contributed by atoms with Gasteiger partial charge in [-0.15, -0.1) is 0 Å². The largest absolute Gasteiger partial charge is 0.508 e. The van der Waals surface area contributed by atoms with Crippen molar-refractivity contribution in [3.63, 3.8) is 0 Å². The zero-order valence-electron chi connectivity index (χ0n) is 12.5. The van der Waals surface area contributed by atoms with Crippen molar-refractivity contribution in [2.45, 2.75) is 6.10 Å². The predicted octanol–water partition coefficient (Wildman–Crippen LogP) is -0.375. The van der Waals surface area contributed by atoms with Crippen molar-refractivity contribution in [2.24, 2.45) is 0 Å². The lowest BCUT2D eigenvalue weighted by molar-refractivity contribution is 0.106. The van der Waals surface area contributed by atoms with Crippen molar-refractivity contribution in [2.75, 3.05) is 40.1 Å². The van der Waals surface area contributed by atoms with Crippen molar-refractivity contribution in [3.8, 4) is 11.5 Å². The fourth-order valence-corrected chi connectivity index (χ4v) is 1.53. The van der Waals surface area contributed by atoms with Gasteiger partial charge in [0, 0.05) is 26.7 Å². The predicted molar refractivity (Wildman–Crippen MR) is 80.9 cm³/mol. The van der Waals surface area contributed by atoms with Gasteiger partial charge in [-0.3, -0.25) is 0 Å². The minimum absolute atomic E-state index is 0.138. The van der Waals surface area contributed by atoms with Crippen LogP contribution in [0, 0.1) is 0 Å². The summed E-state index contributed by atoms with van der Waals surface area (Å²) in [6, 6.07) is 5.97. The molecule has 0 aliphatic carbocycles. The topological polar surface area (TPSA) is 112 Å². The number of hydrogen-bond donors (Lipinski definition) is 5. The standard InChI is InChI=1S/C14H23N3O5/c1-21-10-17-14(20)16-7-6-15-8-12(19)9-22-13-4-2-11(18)3-5-13/h2-5,12,15,18-19H,6-10H2,1H3,(H2,16,17,20). The molecule has 2 amide bonds. The Morgan fingerprint density at radius 1 is 1.23 bits per heavy atom. The average Bonchev–Trinajstić information content (AvgIpc) is 2.52. The Balaban J connectivity index is 2.02. The van der Waals surface area contributed by atoms with Crippen LogP contribution in [0.1, 0.15) is 0 Å². The van der Waals surface area contributed by atoms with E-state index in [1.807, 2.05) is 0 Å². The molecular weight excluding hydrogens is 290 g/mol. The molecule has 8 heteroatoms. The highest BCUT2D eigenvalue weighted by Crippen LogP contribution is 2.15. The third-order valence-electron chi connectivity index (χ3n) is 2.62. The van der Waals surface area contributed by atoms with Gasteiger partial charge in [0.15, 0.2) is 0 Å². The van der Waals surface area contributed by atoms with Gasteiger partial charge in [-0.2, -0.15) is 0 Å². The molecule has 0 aliphatic heterocycles. The molecule has 0 aromatic heterocycles. The number of aromatic hydroxyl groups is 1. The first-order valence-corrected chi connectivity index (χ1v) is 6.93. The molecule has 0 aliphatic rings. The second-order valence-corrected chi connectivity index (χ2v) is 4.53. The van der Waals surface area contributed by atoms with Crippen molar-refractivity contribution in [1.29, 1.82) is 0 Å². The first kappa shape index (κ1) is 18.0. The molecule has 1 atom stereocenters. The van der Waals surface area contributed by atoms with Gasteiger partial charge in [0.05, 0.1) is 0 Å². The molecule has 0 heterocycles. The zero-order valence-corrected chi connectivity index (χ0v) is 12.5. The van der Waals surface area contributed by atoms with E-state index in [0.717, 1.165) is 0 Å². The van der Waals surface area contributed by atoms with E-state index in [0.29, 0.717) is 25.4 Å². The Hall–Kier alpha value is -2.03. The van der Waals surface area contributed by atoms with Crippen LogP contribution in [-0.2, 0) is 4.74 Å². The summed E-state index contributed by atoms with van der Waals surface area (Å²) >= 11 is 0. The number of benzene rings is 1.